The SMILES string of the molecule is CC[C@@H](C)c1ccccc1OCC(=O)Nc1ccc(S(=O)(=O)Nc2cc(C)cc(C)c2)cc1. The van der Waals surface area contributed by atoms with Gasteiger partial charge >= 0.3 is 0 Å². The fraction of sp³-hybridized carbons (Fsp3) is 0.269. The number of benzene rings is 3. The summed E-state index contributed by atoms with van der Waals surface area (Å²) < 4.78 is 33.8. The van der Waals surface area contributed by atoms with Crippen LogP contribution in [0.5, 0.6) is 5.75 Å². The van der Waals surface area contributed by atoms with Crippen LogP contribution in [-0.4, -0.2) is 20.9 Å². The zero-order chi connectivity index (χ0) is 24.0. The summed E-state index contributed by atoms with van der Waals surface area (Å²) >= 11 is 0. The Labute approximate surface area is 196 Å². The number of ether oxygens (including phenoxy) is 1. The fourth-order valence-electron chi connectivity index (χ4n) is 3.54. The van der Waals surface area contributed by atoms with Crippen molar-refractivity contribution in [1.29, 1.82) is 0 Å². The Bertz CT molecular complexity index is 1200. The molecule has 1 amide bonds. The molecule has 0 unspecified atom stereocenters. The quantitative estimate of drug-likeness (QED) is 0.428. The van der Waals surface area contributed by atoms with Crippen LogP contribution in [-0.2, 0) is 14.8 Å². The van der Waals surface area contributed by atoms with Gasteiger partial charge in [-0.3, -0.25) is 9.52 Å². The Morgan fingerprint density at radius 2 is 1.58 bits per heavy atom. The summed E-state index contributed by atoms with van der Waals surface area (Å²) in [6, 6.07) is 19.3. The van der Waals surface area contributed by atoms with E-state index in [4.69, 9.17) is 4.74 Å². The largest absolute Gasteiger partial charge is 0.483 e. The number of aryl methyl sites for hydroxylation is 2. The predicted molar refractivity (Wildman–Crippen MR) is 132 cm³/mol. The molecule has 33 heavy (non-hydrogen) atoms. The van der Waals surface area contributed by atoms with Gasteiger partial charge in [-0.2, -0.15) is 0 Å². The van der Waals surface area contributed by atoms with Crippen molar-refractivity contribution in [3.63, 3.8) is 0 Å². The summed E-state index contributed by atoms with van der Waals surface area (Å²) in [5.74, 6) is 0.704. The maximum atomic E-state index is 12.7. The van der Waals surface area contributed by atoms with Crippen LogP contribution in [0.1, 0.15) is 42.9 Å². The van der Waals surface area contributed by atoms with E-state index >= 15 is 0 Å². The lowest BCUT2D eigenvalue weighted by molar-refractivity contribution is -0.118. The fourth-order valence-corrected chi connectivity index (χ4v) is 4.58. The summed E-state index contributed by atoms with van der Waals surface area (Å²) in [5.41, 5.74) is 4.02. The molecule has 0 aliphatic carbocycles. The van der Waals surface area contributed by atoms with E-state index in [0.29, 0.717) is 23.0 Å². The predicted octanol–water partition coefficient (Wildman–Crippen LogP) is 5.64. The van der Waals surface area contributed by atoms with Crippen LogP contribution in [0.15, 0.2) is 71.6 Å². The molecule has 0 saturated carbocycles. The third-order valence-corrected chi connectivity index (χ3v) is 6.74. The molecule has 0 heterocycles. The third kappa shape index (κ3) is 6.58. The number of amides is 1. The minimum absolute atomic E-state index is 0.110. The highest BCUT2D eigenvalue weighted by atomic mass is 32.2. The molecule has 0 fully saturated rings. The number of carbonyl (C=O) groups excluding carboxylic acids is 1. The molecule has 7 heteroatoms. The number of anilines is 2. The van der Waals surface area contributed by atoms with Gasteiger partial charge in [0, 0.05) is 11.4 Å². The van der Waals surface area contributed by atoms with Crippen LogP contribution < -0.4 is 14.8 Å². The molecule has 3 aromatic rings. The first kappa shape index (κ1) is 24.3. The number of hydrogen-bond acceptors (Lipinski definition) is 4. The van der Waals surface area contributed by atoms with Crippen LogP contribution >= 0.6 is 0 Å². The van der Waals surface area contributed by atoms with Crippen LogP contribution in [0.2, 0.25) is 0 Å². The van der Waals surface area contributed by atoms with Crippen molar-refractivity contribution in [2.45, 2.75) is 44.9 Å². The number of hydrogen-bond donors (Lipinski definition) is 2. The van der Waals surface area contributed by atoms with E-state index in [-0.39, 0.29) is 17.4 Å². The van der Waals surface area contributed by atoms with Gasteiger partial charge in [-0.25, -0.2) is 8.42 Å². The normalized spacial score (nSPS) is 12.1. The van der Waals surface area contributed by atoms with Crippen molar-refractivity contribution in [3.8, 4) is 5.75 Å². The zero-order valence-electron chi connectivity index (χ0n) is 19.4. The van der Waals surface area contributed by atoms with Gasteiger partial charge in [0.2, 0.25) is 0 Å². The molecule has 174 valence electrons. The molecule has 0 radical (unpaired) electrons. The van der Waals surface area contributed by atoms with Crippen molar-refractivity contribution in [2.75, 3.05) is 16.6 Å². The zero-order valence-corrected chi connectivity index (χ0v) is 20.2. The highest BCUT2D eigenvalue weighted by Crippen LogP contribution is 2.28. The van der Waals surface area contributed by atoms with E-state index < -0.39 is 10.0 Å². The van der Waals surface area contributed by atoms with Gasteiger partial charge < -0.3 is 10.1 Å². The van der Waals surface area contributed by atoms with Gasteiger partial charge in [0.1, 0.15) is 5.75 Å². The second kappa shape index (κ2) is 10.5. The molecule has 2 N–H and O–H groups in total. The molecule has 0 spiro atoms. The first-order chi connectivity index (χ1) is 15.7. The molecule has 3 aromatic carbocycles. The Kier molecular flexibility index (Phi) is 7.76. The summed E-state index contributed by atoms with van der Waals surface area (Å²) in [6.07, 6.45) is 0.972. The van der Waals surface area contributed by atoms with Crippen molar-refractivity contribution >= 4 is 27.3 Å². The monoisotopic (exact) mass is 466 g/mol. The van der Waals surface area contributed by atoms with Crippen molar-refractivity contribution in [2.24, 2.45) is 0 Å². The summed E-state index contributed by atoms with van der Waals surface area (Å²) in [7, 11) is -3.74. The molecule has 1 atom stereocenters. The van der Waals surface area contributed by atoms with Gasteiger partial charge in [0.15, 0.2) is 6.61 Å². The van der Waals surface area contributed by atoms with Crippen LogP contribution in [0.25, 0.3) is 0 Å². The van der Waals surface area contributed by atoms with E-state index in [1.54, 1.807) is 24.3 Å². The molecule has 0 aliphatic rings. The highest BCUT2D eigenvalue weighted by molar-refractivity contribution is 7.92. The van der Waals surface area contributed by atoms with Crippen molar-refractivity contribution < 1.29 is 17.9 Å². The molecule has 0 aliphatic heterocycles. The van der Waals surface area contributed by atoms with Gasteiger partial charge in [-0.1, -0.05) is 38.1 Å². The lowest BCUT2D eigenvalue weighted by Crippen LogP contribution is -2.20. The Hall–Kier alpha value is -3.32. The Morgan fingerprint density at radius 1 is 0.939 bits per heavy atom. The van der Waals surface area contributed by atoms with Crippen LogP contribution in [0, 0.1) is 13.8 Å². The average molecular weight is 467 g/mol. The van der Waals surface area contributed by atoms with Crippen LogP contribution in [0.3, 0.4) is 0 Å². The van der Waals surface area contributed by atoms with Crippen LogP contribution in [0.4, 0.5) is 11.4 Å². The molecule has 0 bridgehead atoms. The minimum Gasteiger partial charge on any atom is -0.483 e. The Morgan fingerprint density at radius 3 is 2.21 bits per heavy atom. The number of carbonyl (C=O) groups is 1. The number of rotatable bonds is 9. The van der Waals surface area contributed by atoms with Crippen molar-refractivity contribution in [3.05, 3.63) is 83.4 Å². The standard InChI is InChI=1S/C26H30N2O4S/c1-5-20(4)24-8-6-7-9-25(24)32-17-26(29)27-21-10-12-23(13-11-21)33(30,31)28-22-15-18(2)14-19(3)16-22/h6-16,20,28H,5,17H2,1-4H3,(H,27,29)/t20-/m1/s1. The molecule has 6 nitrogen and oxygen atoms in total. The lowest BCUT2D eigenvalue weighted by Gasteiger charge is -2.15. The Balaban J connectivity index is 1.62. The third-order valence-electron chi connectivity index (χ3n) is 5.34. The lowest BCUT2D eigenvalue weighted by atomic mass is 9.98. The molecular weight excluding hydrogens is 436 g/mol. The van der Waals surface area contributed by atoms with Gasteiger partial charge in [-0.15, -0.1) is 0 Å². The van der Waals surface area contributed by atoms with E-state index in [0.717, 1.165) is 23.1 Å². The van der Waals surface area contributed by atoms with Gasteiger partial charge in [0.25, 0.3) is 15.9 Å². The molecule has 0 saturated heterocycles. The first-order valence-electron chi connectivity index (χ1n) is 10.9. The molecule has 0 aromatic heterocycles. The number of nitrogens with one attached hydrogen (secondary N) is 2. The highest BCUT2D eigenvalue weighted by Gasteiger charge is 2.15. The van der Waals surface area contributed by atoms with E-state index in [1.807, 2.05) is 44.2 Å². The summed E-state index contributed by atoms with van der Waals surface area (Å²) in [6.45, 7) is 7.91. The van der Waals surface area contributed by atoms with Crippen molar-refractivity contribution in [1.82, 2.24) is 0 Å². The van der Waals surface area contributed by atoms with Gasteiger partial charge in [-0.05, 0) is 85.3 Å². The topological polar surface area (TPSA) is 84.5 Å². The first-order valence-corrected chi connectivity index (χ1v) is 12.4. The maximum absolute atomic E-state index is 12.7. The molecule has 3 rings (SSSR count). The number of para-hydroxylation sites is 1. The summed E-state index contributed by atoms with van der Waals surface area (Å²) in [4.78, 5) is 12.5. The van der Waals surface area contributed by atoms with E-state index in [2.05, 4.69) is 23.9 Å². The number of sulfonamides is 1. The van der Waals surface area contributed by atoms with E-state index in [1.165, 1.54) is 12.1 Å². The van der Waals surface area contributed by atoms with Gasteiger partial charge in [0.05, 0.1) is 4.90 Å². The second-order valence-corrected chi connectivity index (χ2v) is 9.87. The average Bonchev–Trinajstić information content (AvgIpc) is 2.76. The second-order valence-electron chi connectivity index (χ2n) is 8.19. The molecular formula is C26H30N2O4S. The maximum Gasteiger partial charge on any atom is 0.262 e. The summed E-state index contributed by atoms with van der Waals surface area (Å²) in [5, 5.41) is 2.74. The minimum atomic E-state index is -3.74. The smallest absolute Gasteiger partial charge is 0.262 e. The van der Waals surface area contributed by atoms with E-state index in [9.17, 15) is 13.2 Å².